The molecule has 1 heteroatoms. The van der Waals surface area contributed by atoms with E-state index < -0.39 is 0 Å². The second-order valence-electron chi connectivity index (χ2n) is 15.5. The van der Waals surface area contributed by atoms with Crippen molar-refractivity contribution in [2.45, 2.75) is 45.4 Å². The molecule has 6 aromatic carbocycles. The van der Waals surface area contributed by atoms with Gasteiger partial charge in [0.15, 0.2) is 0 Å². The van der Waals surface area contributed by atoms with Crippen molar-refractivity contribution in [2.75, 3.05) is 4.90 Å². The molecular formula is C56H49N. The Morgan fingerprint density at radius 2 is 1.42 bits per heavy atom. The largest absolute Gasteiger partial charge is 0.317 e. The number of fused-ring (bicyclic) bond motifs is 4. The number of hydrogen-bond donors (Lipinski definition) is 0. The second kappa shape index (κ2) is 15.5. The maximum Gasteiger partial charge on any atom is 0.0537 e. The molecule has 278 valence electrons. The minimum atomic E-state index is -0.275. The molecule has 0 saturated carbocycles. The van der Waals surface area contributed by atoms with Gasteiger partial charge in [0.2, 0.25) is 0 Å². The van der Waals surface area contributed by atoms with E-state index in [-0.39, 0.29) is 11.3 Å². The molecule has 0 saturated heterocycles. The van der Waals surface area contributed by atoms with E-state index in [0.717, 1.165) is 34.5 Å². The first-order valence-electron chi connectivity index (χ1n) is 20.0. The smallest absolute Gasteiger partial charge is 0.0537 e. The summed E-state index contributed by atoms with van der Waals surface area (Å²) >= 11 is 0. The predicted molar refractivity (Wildman–Crippen MR) is 246 cm³/mol. The van der Waals surface area contributed by atoms with E-state index in [1.165, 1.54) is 66.8 Å². The summed E-state index contributed by atoms with van der Waals surface area (Å²) in [5.41, 5.74) is 23.6. The Kier molecular flexibility index (Phi) is 10.1. The molecule has 1 atom stereocenters. The molecule has 0 aromatic heterocycles. The van der Waals surface area contributed by atoms with Gasteiger partial charge in [0, 0.05) is 28.8 Å². The fourth-order valence-electron chi connectivity index (χ4n) is 9.37. The average Bonchev–Trinajstić information content (AvgIpc) is 3.69. The molecule has 2 aliphatic rings. The van der Waals surface area contributed by atoms with Crippen molar-refractivity contribution in [3.8, 4) is 33.4 Å². The Labute approximate surface area is 339 Å². The number of rotatable bonds is 11. The summed E-state index contributed by atoms with van der Waals surface area (Å²) < 4.78 is 0. The monoisotopic (exact) mass is 735 g/mol. The van der Waals surface area contributed by atoms with Crippen molar-refractivity contribution < 1.29 is 0 Å². The lowest BCUT2D eigenvalue weighted by Gasteiger charge is -2.28. The lowest BCUT2D eigenvalue weighted by molar-refractivity contribution is 0.653. The molecule has 1 nitrogen and oxygen atoms in total. The summed E-state index contributed by atoms with van der Waals surface area (Å²) in [6.45, 7) is 21.4. The van der Waals surface area contributed by atoms with Crippen LogP contribution in [-0.4, -0.2) is 0 Å². The van der Waals surface area contributed by atoms with Crippen LogP contribution in [0.4, 0.5) is 11.4 Å². The first-order valence-corrected chi connectivity index (χ1v) is 20.0. The van der Waals surface area contributed by atoms with Crippen LogP contribution in [0.3, 0.4) is 0 Å². The Balaban J connectivity index is 1.35. The molecule has 0 amide bonds. The minimum absolute atomic E-state index is 0.275. The number of aryl methyl sites for hydroxylation is 1. The fourth-order valence-corrected chi connectivity index (χ4v) is 9.37. The molecule has 0 spiro atoms. The Morgan fingerprint density at radius 3 is 2.12 bits per heavy atom. The Hall–Kier alpha value is -6.66. The highest BCUT2D eigenvalue weighted by atomic mass is 15.1. The van der Waals surface area contributed by atoms with Crippen LogP contribution >= 0.6 is 0 Å². The van der Waals surface area contributed by atoms with Gasteiger partial charge >= 0.3 is 0 Å². The average molecular weight is 736 g/mol. The van der Waals surface area contributed by atoms with Crippen LogP contribution in [0.1, 0.15) is 66.5 Å². The third kappa shape index (κ3) is 6.41. The van der Waals surface area contributed by atoms with Crippen LogP contribution in [0.25, 0.3) is 44.5 Å². The van der Waals surface area contributed by atoms with Gasteiger partial charge in [-0.2, -0.15) is 0 Å². The first kappa shape index (κ1) is 37.3. The summed E-state index contributed by atoms with van der Waals surface area (Å²) in [5, 5.41) is 0. The molecule has 0 N–H and O–H groups in total. The highest BCUT2D eigenvalue weighted by Gasteiger charge is 2.38. The molecule has 0 radical (unpaired) electrons. The molecule has 0 fully saturated rings. The first-order chi connectivity index (χ1) is 27.8. The highest BCUT2D eigenvalue weighted by molar-refractivity contribution is 5.97. The number of anilines is 2. The van der Waals surface area contributed by atoms with E-state index in [4.69, 9.17) is 0 Å². The number of hydrogen-bond acceptors (Lipinski definition) is 1. The maximum absolute atomic E-state index is 4.23. The van der Waals surface area contributed by atoms with E-state index in [2.05, 4.69) is 210 Å². The van der Waals surface area contributed by atoms with E-state index in [1.807, 2.05) is 18.2 Å². The van der Waals surface area contributed by atoms with Gasteiger partial charge in [-0.25, -0.2) is 0 Å². The van der Waals surface area contributed by atoms with Gasteiger partial charge in [0.05, 0.1) is 5.69 Å². The van der Waals surface area contributed by atoms with Crippen LogP contribution in [-0.2, 0) is 5.41 Å². The van der Waals surface area contributed by atoms with Crippen molar-refractivity contribution >= 4 is 22.5 Å². The fraction of sp³-hybridized carbons (Fsp3) is 0.125. The lowest BCUT2D eigenvalue weighted by atomic mass is 9.77. The van der Waals surface area contributed by atoms with Gasteiger partial charge in [-0.15, -0.1) is 5.73 Å². The van der Waals surface area contributed by atoms with Gasteiger partial charge in [-0.3, -0.25) is 0 Å². The Bertz CT molecular complexity index is 2670. The molecule has 0 aliphatic heterocycles. The molecular weight excluding hydrogens is 687 g/mol. The molecule has 0 bridgehead atoms. The second-order valence-corrected chi connectivity index (χ2v) is 15.5. The van der Waals surface area contributed by atoms with E-state index in [0.29, 0.717) is 0 Å². The topological polar surface area (TPSA) is 3.24 Å². The van der Waals surface area contributed by atoms with Crippen LogP contribution < -0.4 is 4.90 Å². The van der Waals surface area contributed by atoms with Crippen molar-refractivity contribution in [1.29, 1.82) is 0 Å². The molecule has 57 heavy (non-hydrogen) atoms. The summed E-state index contributed by atoms with van der Waals surface area (Å²) in [7, 11) is 0. The standard InChI is InChI=1S/C56H49N/c1-8-20-41(45-28-19-29-50-47(21-9-2)51(11-4)56(6,7)55(45)50)36-37-57(42-32-30-40(31-33-42)39-23-13-12-14-24-39)52-35-34-49(44-25-16-15-22-38(44)5)53-43(10-3)46-26-17-18-27-48(46)54(52)53/h8,11-37,43H,1-2,4,10H2,3,5-7H3/b37-36-,41-20+. The zero-order valence-corrected chi connectivity index (χ0v) is 33.5. The van der Waals surface area contributed by atoms with E-state index >= 15 is 0 Å². The van der Waals surface area contributed by atoms with Crippen LogP contribution in [0.15, 0.2) is 201 Å². The van der Waals surface area contributed by atoms with Crippen molar-refractivity contribution in [3.63, 3.8) is 0 Å². The van der Waals surface area contributed by atoms with Crippen LogP contribution in [0, 0.1) is 6.92 Å². The van der Waals surface area contributed by atoms with E-state index in [9.17, 15) is 0 Å². The SMILES string of the molecule is C=C=CC1=C(C=C)C(C)(C)c2c1cccc2C(/C=C\N(c1ccc(-c2ccccc2)cc1)c1ccc(-c2ccccc2C)c2c1-c1ccccc1C2CC)=C/C=C. The van der Waals surface area contributed by atoms with Gasteiger partial charge in [0.25, 0.3) is 0 Å². The number of nitrogens with zero attached hydrogens (tertiary/aromatic N) is 1. The summed E-state index contributed by atoms with van der Waals surface area (Å²) in [4.78, 5) is 2.38. The summed E-state index contributed by atoms with van der Waals surface area (Å²) in [6.07, 6.45) is 13.5. The predicted octanol–water partition coefficient (Wildman–Crippen LogP) is 15.3. The van der Waals surface area contributed by atoms with Crippen LogP contribution in [0.5, 0.6) is 0 Å². The van der Waals surface area contributed by atoms with Crippen molar-refractivity contribution in [2.24, 2.45) is 0 Å². The van der Waals surface area contributed by atoms with Crippen molar-refractivity contribution in [1.82, 2.24) is 0 Å². The third-order valence-corrected chi connectivity index (χ3v) is 11.9. The molecule has 8 rings (SSSR count). The Morgan fingerprint density at radius 1 is 0.737 bits per heavy atom. The zero-order chi connectivity index (χ0) is 39.7. The molecule has 1 unspecified atom stereocenters. The number of benzene rings is 6. The van der Waals surface area contributed by atoms with Gasteiger partial charge < -0.3 is 4.90 Å². The molecule has 2 aliphatic carbocycles. The van der Waals surface area contributed by atoms with Gasteiger partial charge in [-0.1, -0.05) is 174 Å². The highest BCUT2D eigenvalue weighted by Crippen LogP contribution is 2.55. The summed E-state index contributed by atoms with van der Waals surface area (Å²) in [5.74, 6) is 0.285. The van der Waals surface area contributed by atoms with Gasteiger partial charge in [0.1, 0.15) is 0 Å². The lowest BCUT2D eigenvalue weighted by Crippen LogP contribution is -2.18. The van der Waals surface area contributed by atoms with Crippen LogP contribution in [0.2, 0.25) is 0 Å². The quantitative estimate of drug-likeness (QED) is 0.0946. The molecule has 6 aromatic rings. The normalized spacial score (nSPS) is 15.2. The van der Waals surface area contributed by atoms with Gasteiger partial charge in [-0.05, 0) is 122 Å². The molecule has 0 heterocycles. The number of allylic oxidation sites excluding steroid dienone is 8. The minimum Gasteiger partial charge on any atom is -0.317 e. The summed E-state index contributed by atoms with van der Waals surface area (Å²) in [6, 6.07) is 48.6. The maximum atomic E-state index is 4.23. The van der Waals surface area contributed by atoms with Crippen molar-refractivity contribution in [3.05, 3.63) is 234 Å². The van der Waals surface area contributed by atoms with E-state index in [1.54, 1.807) is 0 Å². The zero-order valence-electron chi connectivity index (χ0n) is 33.5. The third-order valence-electron chi connectivity index (χ3n) is 11.9.